The predicted molar refractivity (Wildman–Crippen MR) is 113 cm³/mol. The van der Waals surface area contributed by atoms with Gasteiger partial charge in [-0.15, -0.1) is 0 Å². The van der Waals surface area contributed by atoms with Crippen molar-refractivity contribution in [2.45, 2.75) is 76.0 Å². The zero-order chi connectivity index (χ0) is 21.1. The van der Waals surface area contributed by atoms with Gasteiger partial charge in [0.2, 0.25) is 0 Å². The van der Waals surface area contributed by atoms with Crippen LogP contribution in [-0.4, -0.2) is 13.0 Å². The average molecular weight is 459 g/mol. The van der Waals surface area contributed by atoms with Gasteiger partial charge in [-0.3, -0.25) is 4.55 Å². The zero-order valence-corrected chi connectivity index (χ0v) is 22.0. The standard InChI is InChI=1S/C23H32O5S.K/c1-2-3-4-5-6-7-8-9-10-13-19-16-17-20(24)22(18-19)28-21-14-11-12-15-23(21)29(25,26)27;/h11-12,14-18,24H,2-10,13H2,1H3,(H,25,26,27);/q;+1/p-1. The monoisotopic (exact) mass is 458 g/mol. The third kappa shape index (κ3) is 9.81. The van der Waals surface area contributed by atoms with Gasteiger partial charge in [0.1, 0.15) is 16.4 Å². The van der Waals surface area contributed by atoms with Crippen LogP contribution in [0, 0.1) is 0 Å². The molecule has 0 saturated carbocycles. The molecule has 0 heterocycles. The van der Waals surface area contributed by atoms with E-state index >= 15 is 0 Å². The first-order valence-electron chi connectivity index (χ1n) is 10.5. The maximum Gasteiger partial charge on any atom is 1.00 e. The Morgan fingerprint density at radius 1 is 0.867 bits per heavy atom. The smallest absolute Gasteiger partial charge is 0.870 e. The molecule has 2 aromatic carbocycles. The van der Waals surface area contributed by atoms with E-state index in [-0.39, 0.29) is 73.5 Å². The Balaban J connectivity index is 0.00000450. The van der Waals surface area contributed by atoms with Gasteiger partial charge in [-0.2, -0.15) is 8.42 Å². The number of aryl methyl sites for hydroxylation is 1. The molecule has 1 N–H and O–H groups in total. The first kappa shape index (κ1) is 27.6. The van der Waals surface area contributed by atoms with Crippen molar-refractivity contribution in [1.82, 2.24) is 0 Å². The van der Waals surface area contributed by atoms with Gasteiger partial charge in [-0.05, 0) is 36.6 Å². The van der Waals surface area contributed by atoms with Crippen LogP contribution in [-0.2, 0) is 16.5 Å². The van der Waals surface area contributed by atoms with Crippen LogP contribution in [0.4, 0.5) is 0 Å². The molecular weight excluding hydrogens is 427 g/mol. The molecule has 2 aromatic rings. The normalized spacial score (nSPS) is 11.1. The van der Waals surface area contributed by atoms with Crippen molar-refractivity contribution in [3.05, 3.63) is 48.0 Å². The summed E-state index contributed by atoms with van der Waals surface area (Å²) in [6.07, 6.45) is 12.1. The van der Waals surface area contributed by atoms with Crippen molar-refractivity contribution in [2.75, 3.05) is 0 Å². The van der Waals surface area contributed by atoms with E-state index in [2.05, 4.69) is 6.92 Å². The van der Waals surface area contributed by atoms with Crippen LogP contribution in [0.3, 0.4) is 0 Å². The molecule has 7 heteroatoms. The summed E-state index contributed by atoms with van der Waals surface area (Å²) in [5.41, 5.74) is 0.979. The molecule has 0 fully saturated rings. The average Bonchev–Trinajstić information content (AvgIpc) is 2.68. The van der Waals surface area contributed by atoms with Crippen LogP contribution in [0.2, 0.25) is 0 Å². The van der Waals surface area contributed by atoms with Crippen molar-refractivity contribution >= 4 is 10.1 Å². The van der Waals surface area contributed by atoms with Gasteiger partial charge < -0.3 is 9.84 Å². The topological polar surface area (TPSA) is 86.7 Å². The number of hydrogen-bond donors (Lipinski definition) is 1. The van der Waals surface area contributed by atoms with Crippen LogP contribution in [0.5, 0.6) is 17.2 Å². The van der Waals surface area contributed by atoms with Crippen molar-refractivity contribution in [3.8, 4) is 17.2 Å². The minimum Gasteiger partial charge on any atom is -0.870 e. The van der Waals surface area contributed by atoms with Gasteiger partial charge in [0, 0.05) is 0 Å². The Bertz CT molecular complexity index is 868. The molecule has 5 nitrogen and oxygen atoms in total. The van der Waals surface area contributed by atoms with Crippen LogP contribution >= 0.6 is 0 Å². The predicted octanol–water partition coefficient (Wildman–Crippen LogP) is 2.88. The van der Waals surface area contributed by atoms with E-state index in [1.165, 1.54) is 69.2 Å². The van der Waals surface area contributed by atoms with E-state index < -0.39 is 10.1 Å². The van der Waals surface area contributed by atoms with Crippen LogP contribution < -0.4 is 61.2 Å². The van der Waals surface area contributed by atoms with Gasteiger partial charge in [0.05, 0.1) is 0 Å². The molecule has 0 bridgehead atoms. The Morgan fingerprint density at radius 2 is 1.47 bits per heavy atom. The van der Waals surface area contributed by atoms with Crippen LogP contribution in [0.15, 0.2) is 47.4 Å². The fourth-order valence-corrected chi connectivity index (χ4v) is 3.91. The molecule has 0 aliphatic rings. The van der Waals surface area contributed by atoms with Crippen LogP contribution in [0.1, 0.15) is 70.3 Å². The fraction of sp³-hybridized carbons (Fsp3) is 0.478. The molecule has 0 aliphatic carbocycles. The number of para-hydroxylation sites is 1. The van der Waals surface area contributed by atoms with E-state index in [1.54, 1.807) is 18.2 Å². The third-order valence-electron chi connectivity index (χ3n) is 4.92. The molecule has 0 unspecified atom stereocenters. The second kappa shape index (κ2) is 14.6. The Morgan fingerprint density at radius 3 is 2.10 bits per heavy atom. The maximum atomic E-state index is 12.1. The first-order chi connectivity index (χ1) is 13.9. The van der Waals surface area contributed by atoms with Crippen molar-refractivity contribution in [1.29, 1.82) is 0 Å². The zero-order valence-electron chi connectivity index (χ0n) is 18.1. The molecule has 2 rings (SSSR count). The number of ether oxygens (including phenoxy) is 1. The molecule has 0 saturated heterocycles. The molecule has 160 valence electrons. The molecular formula is C23H31KO5S. The fourth-order valence-electron chi connectivity index (χ4n) is 3.29. The van der Waals surface area contributed by atoms with Gasteiger partial charge >= 0.3 is 51.4 Å². The minimum absolute atomic E-state index is 0. The van der Waals surface area contributed by atoms with E-state index in [9.17, 15) is 18.1 Å². The van der Waals surface area contributed by atoms with E-state index in [1.807, 2.05) is 0 Å². The summed E-state index contributed by atoms with van der Waals surface area (Å²) in [5.74, 6) is -0.326. The molecule has 0 atom stereocenters. The summed E-state index contributed by atoms with van der Waals surface area (Å²) in [7, 11) is -4.43. The van der Waals surface area contributed by atoms with E-state index in [0.717, 1.165) is 24.8 Å². The summed E-state index contributed by atoms with van der Waals surface area (Å²) in [4.78, 5) is -0.358. The Labute approximate surface area is 223 Å². The van der Waals surface area contributed by atoms with Gasteiger partial charge in [0.15, 0.2) is 0 Å². The quantitative estimate of drug-likeness (QED) is 0.283. The molecule has 0 amide bonds. The SMILES string of the molecule is CCCCCCCCCCCc1ccc([O-])c(Oc2ccccc2S(=O)(=O)O)c1.[K+]. The summed E-state index contributed by atoms with van der Waals surface area (Å²) in [5, 5.41) is 12.1. The third-order valence-corrected chi connectivity index (χ3v) is 5.82. The number of hydrogen-bond acceptors (Lipinski definition) is 4. The van der Waals surface area contributed by atoms with Crippen molar-refractivity contribution < 1.29 is 74.2 Å². The molecule has 0 spiro atoms. The van der Waals surface area contributed by atoms with Gasteiger partial charge in [-0.1, -0.05) is 88.3 Å². The molecule has 0 radical (unpaired) electrons. The first-order valence-corrected chi connectivity index (χ1v) is 11.9. The number of rotatable bonds is 13. The van der Waals surface area contributed by atoms with E-state index in [0.29, 0.717) is 0 Å². The van der Waals surface area contributed by atoms with Crippen molar-refractivity contribution in [3.63, 3.8) is 0 Å². The largest absolute Gasteiger partial charge is 1.00 e. The van der Waals surface area contributed by atoms with E-state index in [4.69, 9.17) is 4.74 Å². The Hall–Kier alpha value is -0.414. The summed E-state index contributed by atoms with van der Waals surface area (Å²) < 4.78 is 37.9. The second-order valence-corrected chi connectivity index (χ2v) is 8.77. The van der Waals surface area contributed by atoms with Gasteiger partial charge in [-0.25, -0.2) is 0 Å². The molecule has 0 aromatic heterocycles. The Kier molecular flexibility index (Phi) is 13.5. The molecule has 0 aliphatic heterocycles. The summed E-state index contributed by atoms with van der Waals surface area (Å²) >= 11 is 0. The molecule has 30 heavy (non-hydrogen) atoms. The number of unbranched alkanes of at least 4 members (excludes halogenated alkanes) is 8. The second-order valence-electron chi connectivity index (χ2n) is 7.38. The minimum atomic E-state index is -4.43. The van der Waals surface area contributed by atoms with Crippen LogP contribution in [0.25, 0.3) is 0 Å². The summed E-state index contributed by atoms with van der Waals surface area (Å²) in [6, 6.07) is 10.6. The summed E-state index contributed by atoms with van der Waals surface area (Å²) in [6.45, 7) is 2.23. The van der Waals surface area contributed by atoms with Gasteiger partial charge in [0.25, 0.3) is 10.1 Å². The van der Waals surface area contributed by atoms with Crippen molar-refractivity contribution in [2.24, 2.45) is 0 Å². The maximum absolute atomic E-state index is 12.1. The number of benzene rings is 2.